The molecule has 2 saturated heterocycles. The molecule has 0 unspecified atom stereocenters. The average Bonchev–Trinajstić information content (AvgIpc) is 3.55. The molecule has 2 fully saturated rings. The molecule has 1 amide bonds. The average molecular weight is 497 g/mol. The number of fused-ring (bicyclic) bond motifs is 2. The third-order valence-electron chi connectivity index (χ3n) is 6.51. The molecule has 2 aliphatic heterocycles. The Bertz CT molecular complexity index is 1360. The molecule has 0 radical (unpaired) electrons. The van der Waals surface area contributed by atoms with Crippen molar-refractivity contribution in [2.75, 3.05) is 64.1 Å². The number of aromatic amines is 1. The molecule has 0 spiro atoms. The van der Waals surface area contributed by atoms with Crippen LogP contribution in [0.3, 0.4) is 0 Å². The van der Waals surface area contributed by atoms with Crippen LogP contribution in [0.5, 0.6) is 0 Å². The number of anilines is 1. The Kier molecular flexibility index (Phi) is 6.00. The van der Waals surface area contributed by atoms with Gasteiger partial charge >= 0.3 is 0 Å². The molecule has 3 aromatic heterocycles. The van der Waals surface area contributed by atoms with Crippen molar-refractivity contribution in [2.24, 2.45) is 0 Å². The van der Waals surface area contributed by atoms with Gasteiger partial charge in [0, 0.05) is 50.2 Å². The van der Waals surface area contributed by atoms with Gasteiger partial charge in [0.05, 0.1) is 31.5 Å². The first-order chi connectivity index (χ1) is 17.2. The van der Waals surface area contributed by atoms with Crippen LogP contribution in [0, 0.1) is 0 Å². The molecule has 12 heteroatoms. The lowest BCUT2D eigenvalue weighted by Crippen LogP contribution is -2.48. The number of benzene rings is 1. The summed E-state index contributed by atoms with van der Waals surface area (Å²) in [6.07, 6.45) is 1.80. The first-order valence-corrected chi connectivity index (χ1v) is 12.5. The minimum absolute atomic E-state index is 0.435. The molecule has 0 bridgehead atoms. The van der Waals surface area contributed by atoms with E-state index in [1.165, 1.54) is 0 Å². The molecule has 1 aromatic carbocycles. The van der Waals surface area contributed by atoms with E-state index in [-0.39, 0.29) is 0 Å². The molecule has 0 atom stereocenters. The van der Waals surface area contributed by atoms with E-state index in [1.807, 2.05) is 18.2 Å². The summed E-state index contributed by atoms with van der Waals surface area (Å²) in [6, 6.07) is 5.96. The molecule has 2 aliphatic rings. The van der Waals surface area contributed by atoms with Gasteiger partial charge in [-0.25, -0.2) is 19.3 Å². The third kappa shape index (κ3) is 4.32. The maximum Gasteiger partial charge on any atom is 0.254 e. The quantitative estimate of drug-likeness (QED) is 0.448. The fraction of sp³-hybridized carbons (Fsp3) is 0.435. The van der Waals surface area contributed by atoms with Crippen LogP contribution < -0.4 is 4.90 Å². The normalized spacial score (nSPS) is 17.5. The molecule has 4 aromatic rings. The number of ether oxygens (including phenoxy) is 1. The highest BCUT2D eigenvalue weighted by Gasteiger charge is 2.24. The molecular weight excluding hydrogens is 471 g/mol. The number of hydrogen-bond donors (Lipinski definition) is 1. The van der Waals surface area contributed by atoms with E-state index in [4.69, 9.17) is 19.7 Å². The lowest BCUT2D eigenvalue weighted by atomic mass is 10.1. The van der Waals surface area contributed by atoms with Crippen LogP contribution in [0.2, 0.25) is 0 Å². The third-order valence-corrected chi connectivity index (χ3v) is 7.54. The number of amides is 1. The number of morpholine rings is 1. The van der Waals surface area contributed by atoms with E-state index >= 15 is 0 Å². The van der Waals surface area contributed by atoms with Crippen molar-refractivity contribution in [3.8, 4) is 11.4 Å². The van der Waals surface area contributed by atoms with Crippen LogP contribution in [0.15, 0.2) is 24.4 Å². The molecule has 1 N–H and O–H groups in total. The fourth-order valence-corrected chi connectivity index (χ4v) is 5.69. The van der Waals surface area contributed by atoms with Crippen molar-refractivity contribution in [1.82, 2.24) is 34.9 Å². The summed E-state index contributed by atoms with van der Waals surface area (Å²) in [4.78, 5) is 32.5. The Labute approximate surface area is 204 Å². The molecular formula is C23H25FN8O2S. The SMILES string of the molecule is O=C(CF)N1CCN(Cc2nc3nc(-c4cccc5[nH]ncc45)nc(N4CCOCC4)c3s2)CC1. The smallest absolute Gasteiger partial charge is 0.254 e. The summed E-state index contributed by atoms with van der Waals surface area (Å²) in [5, 5.41) is 9.11. The van der Waals surface area contributed by atoms with E-state index in [0.717, 1.165) is 45.1 Å². The number of halogens is 1. The fourth-order valence-electron chi connectivity index (χ4n) is 4.62. The molecule has 10 nitrogen and oxygen atoms in total. The number of alkyl halides is 1. The Morgan fingerprint density at radius 3 is 2.71 bits per heavy atom. The maximum absolute atomic E-state index is 12.7. The second kappa shape index (κ2) is 9.44. The number of rotatable bonds is 5. The number of H-pyrrole nitrogens is 1. The summed E-state index contributed by atoms with van der Waals surface area (Å²) in [5.41, 5.74) is 2.53. The monoisotopic (exact) mass is 496 g/mol. The van der Waals surface area contributed by atoms with Crippen LogP contribution in [-0.4, -0.2) is 100 Å². The van der Waals surface area contributed by atoms with E-state index in [2.05, 4.69) is 20.0 Å². The van der Waals surface area contributed by atoms with Crippen molar-refractivity contribution in [3.05, 3.63) is 29.4 Å². The second-order valence-corrected chi connectivity index (χ2v) is 9.74. The van der Waals surface area contributed by atoms with E-state index in [1.54, 1.807) is 22.4 Å². The summed E-state index contributed by atoms with van der Waals surface area (Å²) < 4.78 is 19.2. The Balaban J connectivity index is 1.34. The van der Waals surface area contributed by atoms with Crippen molar-refractivity contribution in [2.45, 2.75) is 6.54 Å². The van der Waals surface area contributed by atoms with Crippen LogP contribution in [0.25, 0.3) is 32.6 Å². The summed E-state index contributed by atoms with van der Waals surface area (Å²) in [6.45, 7) is 5.02. The minimum Gasteiger partial charge on any atom is -0.378 e. The van der Waals surface area contributed by atoms with Gasteiger partial charge in [-0.1, -0.05) is 12.1 Å². The molecule has 0 saturated carbocycles. The van der Waals surface area contributed by atoms with Gasteiger partial charge in [0.15, 0.2) is 24.0 Å². The minimum atomic E-state index is -0.935. The van der Waals surface area contributed by atoms with Crippen LogP contribution >= 0.6 is 11.3 Å². The van der Waals surface area contributed by atoms with Crippen molar-refractivity contribution in [3.63, 3.8) is 0 Å². The highest BCUT2D eigenvalue weighted by Crippen LogP contribution is 2.34. The zero-order valence-electron chi connectivity index (χ0n) is 19.1. The largest absolute Gasteiger partial charge is 0.378 e. The standard InChI is InChI=1S/C23H25FN8O2S/c24-12-19(33)31-6-4-30(5-7-31)14-18-26-22-20(35-18)23(32-8-10-34-11-9-32)28-21(27-22)15-2-1-3-17-16(15)13-25-29-17/h1-3,13H,4-12,14H2,(H,25,29). The van der Waals surface area contributed by atoms with Crippen molar-refractivity contribution >= 4 is 44.3 Å². The van der Waals surface area contributed by atoms with Crippen LogP contribution in [-0.2, 0) is 16.1 Å². The predicted octanol–water partition coefficient (Wildman–Crippen LogP) is 2.08. The van der Waals surface area contributed by atoms with Gasteiger partial charge in [-0.2, -0.15) is 5.10 Å². The highest BCUT2D eigenvalue weighted by atomic mass is 32.1. The molecule has 0 aliphatic carbocycles. The Morgan fingerprint density at radius 1 is 1.09 bits per heavy atom. The first kappa shape index (κ1) is 22.3. The lowest BCUT2D eigenvalue weighted by molar-refractivity contribution is -0.133. The number of thiazole rings is 1. The van der Waals surface area contributed by atoms with Gasteiger partial charge < -0.3 is 14.5 Å². The van der Waals surface area contributed by atoms with Crippen LogP contribution in [0.1, 0.15) is 5.01 Å². The number of aromatic nitrogens is 5. The molecule has 182 valence electrons. The van der Waals surface area contributed by atoms with Gasteiger partial charge in [0.1, 0.15) is 9.71 Å². The zero-order valence-corrected chi connectivity index (χ0v) is 19.9. The molecule has 6 rings (SSSR count). The maximum atomic E-state index is 12.7. The van der Waals surface area contributed by atoms with Crippen molar-refractivity contribution < 1.29 is 13.9 Å². The van der Waals surface area contributed by atoms with E-state index in [9.17, 15) is 9.18 Å². The lowest BCUT2D eigenvalue weighted by Gasteiger charge is -2.33. The number of piperazine rings is 1. The predicted molar refractivity (Wildman–Crippen MR) is 131 cm³/mol. The number of carbonyl (C=O) groups excluding carboxylic acids is 1. The van der Waals surface area contributed by atoms with Crippen molar-refractivity contribution in [1.29, 1.82) is 0 Å². The van der Waals surface area contributed by atoms with Gasteiger partial charge in [0.25, 0.3) is 5.91 Å². The number of nitrogens with one attached hydrogen (secondary N) is 1. The van der Waals surface area contributed by atoms with Gasteiger partial charge in [-0.3, -0.25) is 14.8 Å². The second-order valence-electron chi connectivity index (χ2n) is 8.66. The Morgan fingerprint density at radius 2 is 1.91 bits per heavy atom. The number of carbonyl (C=O) groups is 1. The Hall–Kier alpha value is -3.22. The number of nitrogens with zero attached hydrogens (tertiary/aromatic N) is 7. The summed E-state index contributed by atoms with van der Waals surface area (Å²) >= 11 is 1.61. The molecule has 35 heavy (non-hydrogen) atoms. The molecule has 5 heterocycles. The first-order valence-electron chi connectivity index (χ1n) is 11.7. The summed E-state index contributed by atoms with van der Waals surface area (Å²) in [5.74, 6) is 1.08. The van der Waals surface area contributed by atoms with Gasteiger partial charge in [-0.15, -0.1) is 11.3 Å². The van der Waals surface area contributed by atoms with Gasteiger partial charge in [0.2, 0.25) is 0 Å². The van der Waals surface area contributed by atoms with Gasteiger partial charge in [-0.05, 0) is 6.07 Å². The van der Waals surface area contributed by atoms with E-state index in [0.29, 0.717) is 57.4 Å². The highest BCUT2D eigenvalue weighted by molar-refractivity contribution is 7.19. The number of hydrogen-bond acceptors (Lipinski definition) is 9. The topological polar surface area (TPSA) is 103 Å². The zero-order chi connectivity index (χ0) is 23.8. The summed E-state index contributed by atoms with van der Waals surface area (Å²) in [7, 11) is 0. The van der Waals surface area contributed by atoms with E-state index < -0.39 is 12.6 Å². The van der Waals surface area contributed by atoms with Crippen LogP contribution in [0.4, 0.5) is 10.2 Å².